The number of aromatic nitrogens is 3. The molecule has 1 aliphatic rings. The number of nitrogens with zero attached hydrogens (tertiary/aromatic N) is 5. The predicted octanol–water partition coefficient (Wildman–Crippen LogP) is 1.16. The summed E-state index contributed by atoms with van der Waals surface area (Å²) >= 11 is 0. The zero-order valence-corrected chi connectivity index (χ0v) is 13.8. The first-order valence-corrected chi connectivity index (χ1v) is 8.06. The van der Waals surface area contributed by atoms with E-state index in [-0.39, 0.29) is 5.91 Å². The second-order valence-corrected chi connectivity index (χ2v) is 5.65. The second-order valence-electron chi connectivity index (χ2n) is 5.65. The first kappa shape index (κ1) is 16.2. The number of rotatable bonds is 4. The van der Waals surface area contributed by atoms with Gasteiger partial charge in [-0.25, -0.2) is 4.98 Å². The van der Waals surface area contributed by atoms with Crippen molar-refractivity contribution in [2.45, 2.75) is 12.8 Å². The van der Waals surface area contributed by atoms with Crippen molar-refractivity contribution in [1.29, 1.82) is 0 Å². The molecule has 0 radical (unpaired) electrons. The van der Waals surface area contributed by atoms with Crippen LogP contribution in [-0.4, -0.2) is 59.3 Å². The molecule has 0 spiro atoms. The molecule has 2 aromatic rings. The number of amides is 1. The van der Waals surface area contributed by atoms with Crippen molar-refractivity contribution >= 4 is 11.7 Å². The number of carbonyl (C=O) groups excluding carboxylic acids is 1. The van der Waals surface area contributed by atoms with Gasteiger partial charge in [0.2, 0.25) is 11.8 Å². The summed E-state index contributed by atoms with van der Waals surface area (Å²) in [7, 11) is 1.57. The Kier molecular flexibility index (Phi) is 5.20. The van der Waals surface area contributed by atoms with E-state index in [0.717, 1.165) is 37.6 Å². The van der Waals surface area contributed by atoms with Gasteiger partial charge in [-0.05, 0) is 24.6 Å². The van der Waals surface area contributed by atoms with Gasteiger partial charge < -0.3 is 14.5 Å². The maximum atomic E-state index is 12.6. The SMILES string of the molecule is COc1cccc(CC(=O)N2CCCN(c3cccnn3)CC2)n1. The third-order valence-corrected chi connectivity index (χ3v) is 4.05. The summed E-state index contributed by atoms with van der Waals surface area (Å²) in [5.74, 6) is 1.49. The highest BCUT2D eigenvalue weighted by Crippen LogP contribution is 2.13. The molecule has 126 valence electrons. The molecule has 0 atom stereocenters. The highest BCUT2D eigenvalue weighted by Gasteiger charge is 2.20. The maximum Gasteiger partial charge on any atom is 0.228 e. The van der Waals surface area contributed by atoms with E-state index >= 15 is 0 Å². The normalized spacial score (nSPS) is 15.0. The summed E-state index contributed by atoms with van der Waals surface area (Å²) in [4.78, 5) is 20.9. The second kappa shape index (κ2) is 7.72. The molecule has 1 amide bonds. The molecule has 2 aromatic heterocycles. The van der Waals surface area contributed by atoms with Gasteiger partial charge in [0, 0.05) is 38.4 Å². The lowest BCUT2D eigenvalue weighted by atomic mass is 10.2. The number of pyridine rings is 1. The summed E-state index contributed by atoms with van der Waals surface area (Å²) in [5.41, 5.74) is 0.731. The number of ether oxygens (including phenoxy) is 1. The predicted molar refractivity (Wildman–Crippen MR) is 89.9 cm³/mol. The van der Waals surface area contributed by atoms with Gasteiger partial charge in [-0.15, -0.1) is 5.10 Å². The minimum absolute atomic E-state index is 0.0942. The Labute approximate surface area is 141 Å². The molecular weight excluding hydrogens is 306 g/mol. The standard InChI is InChI=1S/C17H21N5O2/c1-24-16-7-2-5-14(19-16)13-17(23)22-10-4-9-21(11-12-22)15-6-3-8-18-20-15/h2-3,5-8H,4,9-13H2,1H3. The smallest absolute Gasteiger partial charge is 0.228 e. The van der Waals surface area contributed by atoms with Crippen LogP contribution in [0.2, 0.25) is 0 Å². The molecule has 1 aliphatic heterocycles. The fourth-order valence-corrected chi connectivity index (χ4v) is 2.79. The van der Waals surface area contributed by atoms with Crippen LogP contribution in [0, 0.1) is 0 Å². The van der Waals surface area contributed by atoms with Crippen LogP contribution < -0.4 is 9.64 Å². The van der Waals surface area contributed by atoms with Gasteiger partial charge in [0.25, 0.3) is 0 Å². The van der Waals surface area contributed by atoms with Crippen LogP contribution in [0.15, 0.2) is 36.5 Å². The minimum atomic E-state index is 0.0942. The minimum Gasteiger partial charge on any atom is -0.481 e. The summed E-state index contributed by atoms with van der Waals surface area (Å²) in [6, 6.07) is 9.31. The van der Waals surface area contributed by atoms with Crippen molar-refractivity contribution < 1.29 is 9.53 Å². The molecule has 0 saturated carbocycles. The van der Waals surface area contributed by atoms with E-state index in [0.29, 0.717) is 18.8 Å². The van der Waals surface area contributed by atoms with Gasteiger partial charge in [-0.3, -0.25) is 4.79 Å². The van der Waals surface area contributed by atoms with Crippen molar-refractivity contribution in [1.82, 2.24) is 20.1 Å². The van der Waals surface area contributed by atoms with Gasteiger partial charge in [-0.1, -0.05) is 6.07 Å². The highest BCUT2D eigenvalue weighted by molar-refractivity contribution is 5.78. The molecule has 7 heteroatoms. The molecule has 0 aromatic carbocycles. The molecule has 0 N–H and O–H groups in total. The van der Waals surface area contributed by atoms with Crippen molar-refractivity contribution in [2.75, 3.05) is 38.2 Å². The zero-order valence-electron chi connectivity index (χ0n) is 13.8. The first-order valence-electron chi connectivity index (χ1n) is 8.06. The summed E-state index contributed by atoms with van der Waals surface area (Å²) in [6.45, 7) is 3.06. The van der Waals surface area contributed by atoms with E-state index in [4.69, 9.17) is 4.74 Å². The van der Waals surface area contributed by atoms with E-state index in [1.165, 1.54) is 0 Å². The van der Waals surface area contributed by atoms with Crippen molar-refractivity contribution in [3.05, 3.63) is 42.2 Å². The molecule has 1 fully saturated rings. The Morgan fingerprint density at radius 1 is 1.17 bits per heavy atom. The van der Waals surface area contributed by atoms with Crippen LogP contribution in [0.3, 0.4) is 0 Å². The lowest BCUT2D eigenvalue weighted by Crippen LogP contribution is -2.36. The van der Waals surface area contributed by atoms with Crippen molar-refractivity contribution in [2.24, 2.45) is 0 Å². The first-order chi connectivity index (χ1) is 11.8. The average molecular weight is 327 g/mol. The van der Waals surface area contributed by atoms with E-state index in [9.17, 15) is 4.79 Å². The summed E-state index contributed by atoms with van der Waals surface area (Å²) in [5, 5.41) is 8.07. The lowest BCUT2D eigenvalue weighted by molar-refractivity contribution is -0.130. The topological polar surface area (TPSA) is 71.5 Å². The van der Waals surface area contributed by atoms with E-state index in [2.05, 4.69) is 20.1 Å². The Hall–Kier alpha value is -2.70. The number of methoxy groups -OCH3 is 1. The Balaban J connectivity index is 1.60. The summed E-state index contributed by atoms with van der Waals surface area (Å²) in [6.07, 6.45) is 2.87. The van der Waals surface area contributed by atoms with E-state index < -0.39 is 0 Å². The van der Waals surface area contributed by atoms with Crippen molar-refractivity contribution in [3.8, 4) is 5.88 Å². The van der Waals surface area contributed by atoms with Crippen LogP contribution in [0.25, 0.3) is 0 Å². The molecule has 24 heavy (non-hydrogen) atoms. The van der Waals surface area contributed by atoms with Crippen LogP contribution in [0.5, 0.6) is 5.88 Å². The molecule has 3 heterocycles. The molecule has 1 saturated heterocycles. The number of hydrogen-bond acceptors (Lipinski definition) is 6. The van der Waals surface area contributed by atoms with Crippen LogP contribution in [0.1, 0.15) is 12.1 Å². The number of carbonyl (C=O) groups is 1. The monoisotopic (exact) mass is 327 g/mol. The fourth-order valence-electron chi connectivity index (χ4n) is 2.79. The molecule has 0 unspecified atom stereocenters. The van der Waals surface area contributed by atoms with E-state index in [1.807, 2.05) is 29.2 Å². The summed E-state index contributed by atoms with van der Waals surface area (Å²) < 4.78 is 5.11. The third kappa shape index (κ3) is 3.98. The number of anilines is 1. The quantitative estimate of drug-likeness (QED) is 0.839. The van der Waals surface area contributed by atoms with Gasteiger partial charge in [-0.2, -0.15) is 5.10 Å². The van der Waals surface area contributed by atoms with Gasteiger partial charge in [0.1, 0.15) is 0 Å². The molecule has 3 rings (SSSR count). The van der Waals surface area contributed by atoms with Gasteiger partial charge in [0.15, 0.2) is 5.82 Å². The van der Waals surface area contributed by atoms with Crippen LogP contribution in [0.4, 0.5) is 5.82 Å². The molecule has 0 bridgehead atoms. The zero-order chi connectivity index (χ0) is 16.8. The van der Waals surface area contributed by atoms with Crippen LogP contribution in [-0.2, 0) is 11.2 Å². The van der Waals surface area contributed by atoms with Gasteiger partial charge in [0.05, 0.1) is 19.2 Å². The third-order valence-electron chi connectivity index (χ3n) is 4.05. The molecule has 7 nitrogen and oxygen atoms in total. The van der Waals surface area contributed by atoms with Crippen LogP contribution >= 0.6 is 0 Å². The largest absolute Gasteiger partial charge is 0.481 e. The van der Waals surface area contributed by atoms with Crippen molar-refractivity contribution in [3.63, 3.8) is 0 Å². The fraction of sp³-hybridized carbons (Fsp3) is 0.412. The number of hydrogen-bond donors (Lipinski definition) is 0. The molecule has 0 aliphatic carbocycles. The van der Waals surface area contributed by atoms with Gasteiger partial charge >= 0.3 is 0 Å². The Morgan fingerprint density at radius 2 is 2.08 bits per heavy atom. The average Bonchev–Trinajstić information content (AvgIpc) is 2.89. The Morgan fingerprint density at radius 3 is 2.88 bits per heavy atom. The highest BCUT2D eigenvalue weighted by atomic mass is 16.5. The maximum absolute atomic E-state index is 12.6. The Bertz CT molecular complexity index is 680. The lowest BCUT2D eigenvalue weighted by Gasteiger charge is -2.22. The van der Waals surface area contributed by atoms with E-state index in [1.54, 1.807) is 19.4 Å². The molecular formula is C17H21N5O2.